The number of nitrogens with one attached hydrogen (secondary N) is 1. The molecule has 0 atom stereocenters. The highest BCUT2D eigenvalue weighted by atomic mass is 35.5. The van der Waals surface area contributed by atoms with E-state index in [4.69, 9.17) is 22.1 Å². The lowest BCUT2D eigenvalue weighted by Gasteiger charge is -2.02. The Hall–Kier alpha value is -1.65. The van der Waals surface area contributed by atoms with Gasteiger partial charge in [0.05, 0.1) is 12.1 Å². The summed E-state index contributed by atoms with van der Waals surface area (Å²) in [5.41, 5.74) is 7.96. The van der Waals surface area contributed by atoms with Crippen LogP contribution in [0, 0.1) is 0 Å². The van der Waals surface area contributed by atoms with Crippen molar-refractivity contribution in [1.29, 1.82) is 0 Å². The van der Waals surface area contributed by atoms with Gasteiger partial charge in [0.2, 0.25) is 0 Å². The molecule has 0 aliphatic heterocycles. The normalized spacial score (nSPS) is 11.4. The second-order valence-corrected chi connectivity index (χ2v) is 5.53. The Morgan fingerprint density at radius 1 is 1.20 bits per heavy atom. The topological polar surface area (TPSA) is 49.2 Å². The van der Waals surface area contributed by atoms with E-state index in [0.29, 0.717) is 10.2 Å². The first-order valence-electron chi connectivity index (χ1n) is 6.09. The molecule has 0 aromatic heterocycles. The Bertz CT molecular complexity index is 599. The number of hydrogen-bond acceptors (Lipinski definition) is 2. The van der Waals surface area contributed by atoms with Crippen molar-refractivity contribution in [2.75, 3.05) is 7.11 Å². The Morgan fingerprint density at radius 3 is 2.55 bits per heavy atom. The summed E-state index contributed by atoms with van der Waals surface area (Å²) in [6.45, 7) is 0. The summed E-state index contributed by atoms with van der Waals surface area (Å²) in [7, 11) is 1.66. The molecule has 2 rings (SSSR count). The number of hydrogen-bond donors (Lipinski definition) is 2. The van der Waals surface area contributed by atoms with Crippen LogP contribution in [0.4, 0.5) is 5.69 Å². The van der Waals surface area contributed by atoms with Crippen LogP contribution in [0.15, 0.2) is 48.5 Å². The monoisotopic (exact) mass is 307 g/mol. The zero-order valence-electron chi connectivity index (χ0n) is 11.1. The molecule has 2 aromatic rings. The van der Waals surface area contributed by atoms with Crippen LogP contribution in [0.2, 0.25) is 5.02 Å². The average Bonchev–Trinajstić information content (AvgIpc) is 2.48. The molecule has 0 fully saturated rings. The molecule has 2 aromatic carbocycles. The van der Waals surface area contributed by atoms with Gasteiger partial charge >= 0.3 is 5.17 Å². The molecule has 0 aliphatic carbocycles. The fourth-order valence-electron chi connectivity index (χ4n) is 1.61. The molecule has 0 saturated heterocycles. The predicted molar refractivity (Wildman–Crippen MR) is 85.6 cm³/mol. The number of amidine groups is 1. The fourth-order valence-corrected chi connectivity index (χ4v) is 2.49. The third-order valence-electron chi connectivity index (χ3n) is 2.69. The van der Waals surface area contributed by atoms with Crippen molar-refractivity contribution in [3.8, 4) is 5.75 Å². The van der Waals surface area contributed by atoms with Crippen molar-refractivity contribution < 1.29 is 9.73 Å². The Kier molecular flexibility index (Phi) is 5.32. The van der Waals surface area contributed by atoms with E-state index < -0.39 is 0 Å². The molecule has 0 bridgehead atoms. The lowest BCUT2D eigenvalue weighted by molar-refractivity contribution is -0.350. The molecule has 20 heavy (non-hydrogen) atoms. The van der Waals surface area contributed by atoms with E-state index >= 15 is 0 Å². The lowest BCUT2D eigenvalue weighted by atomic mass is 10.2. The Morgan fingerprint density at radius 2 is 1.90 bits per heavy atom. The third-order valence-corrected chi connectivity index (χ3v) is 3.91. The van der Waals surface area contributed by atoms with Crippen LogP contribution in [-0.2, 0) is 5.75 Å². The van der Waals surface area contributed by atoms with Crippen molar-refractivity contribution in [2.45, 2.75) is 5.75 Å². The number of halogens is 1. The van der Waals surface area contributed by atoms with Crippen LogP contribution in [0.5, 0.6) is 5.75 Å². The molecular formula is C15H16ClN2OS+. The zero-order chi connectivity index (χ0) is 14.4. The molecule has 0 amide bonds. The smallest absolute Gasteiger partial charge is 0.307 e. The van der Waals surface area contributed by atoms with Gasteiger partial charge < -0.3 is 4.74 Å². The van der Waals surface area contributed by atoms with Crippen LogP contribution in [-0.4, -0.2) is 12.3 Å². The number of benzene rings is 2. The van der Waals surface area contributed by atoms with Gasteiger partial charge in [0.25, 0.3) is 0 Å². The number of para-hydroxylation sites is 1. The maximum Gasteiger partial charge on any atom is 0.307 e. The van der Waals surface area contributed by atoms with Crippen molar-refractivity contribution >= 4 is 34.2 Å². The maximum absolute atomic E-state index is 6.06. The summed E-state index contributed by atoms with van der Waals surface area (Å²) in [5.74, 6) is 1.64. The average molecular weight is 308 g/mol. The first-order valence-corrected chi connectivity index (χ1v) is 7.45. The van der Waals surface area contributed by atoms with E-state index in [0.717, 1.165) is 17.2 Å². The minimum Gasteiger partial charge on any atom is -0.497 e. The summed E-state index contributed by atoms with van der Waals surface area (Å²) in [5, 5.41) is 1.27. The standard InChI is InChI=1S/C15H15ClN2OS/c1-19-12-8-6-11(7-9-12)10-20-15(17)18-14-5-3-2-4-13(14)16/h2-9H,10H2,1H3,(H2,17,18)/p+1. The molecule has 3 nitrogen and oxygen atoms in total. The van der Waals surface area contributed by atoms with Gasteiger partial charge in [-0.15, -0.1) is 0 Å². The highest BCUT2D eigenvalue weighted by Gasteiger charge is 2.05. The van der Waals surface area contributed by atoms with Crippen molar-refractivity contribution in [2.24, 2.45) is 5.73 Å². The van der Waals surface area contributed by atoms with Crippen LogP contribution in [0.1, 0.15) is 5.56 Å². The van der Waals surface area contributed by atoms with Crippen molar-refractivity contribution in [3.63, 3.8) is 0 Å². The minimum absolute atomic E-state index is 0.619. The van der Waals surface area contributed by atoms with Gasteiger partial charge in [0, 0.05) is 5.75 Å². The number of methoxy groups -OCH3 is 1. The summed E-state index contributed by atoms with van der Waals surface area (Å²) < 4.78 is 5.12. The molecule has 0 radical (unpaired) electrons. The van der Waals surface area contributed by atoms with Gasteiger partial charge in [-0.05, 0) is 41.6 Å². The SMILES string of the molecule is COc1ccc(CSC(N)=[NH+]c2ccccc2Cl)cc1. The van der Waals surface area contributed by atoms with Crippen LogP contribution in [0.3, 0.4) is 0 Å². The quantitative estimate of drug-likeness (QED) is 0.673. The first kappa shape index (κ1) is 14.8. The first-order chi connectivity index (χ1) is 9.69. The predicted octanol–water partition coefficient (Wildman–Crippen LogP) is 2.31. The summed E-state index contributed by atoms with van der Waals surface area (Å²) in [6.07, 6.45) is 0. The molecule has 0 aliphatic rings. The van der Waals surface area contributed by atoms with Crippen LogP contribution in [0.25, 0.3) is 0 Å². The van der Waals surface area contributed by atoms with E-state index in [9.17, 15) is 0 Å². The molecule has 0 saturated carbocycles. The van der Waals surface area contributed by atoms with Gasteiger partial charge in [-0.3, -0.25) is 5.73 Å². The largest absolute Gasteiger partial charge is 0.497 e. The maximum atomic E-state index is 6.06. The molecular weight excluding hydrogens is 292 g/mol. The van der Waals surface area contributed by atoms with E-state index in [1.54, 1.807) is 7.11 Å². The fraction of sp³-hybridized carbons (Fsp3) is 0.133. The highest BCUT2D eigenvalue weighted by molar-refractivity contribution is 8.12. The number of rotatable bonds is 4. The summed E-state index contributed by atoms with van der Waals surface area (Å²) in [4.78, 5) is 3.10. The van der Waals surface area contributed by atoms with Gasteiger partial charge in [0.15, 0.2) is 0 Å². The second kappa shape index (κ2) is 7.22. The van der Waals surface area contributed by atoms with Gasteiger partial charge in [0.1, 0.15) is 11.4 Å². The van der Waals surface area contributed by atoms with E-state index in [-0.39, 0.29) is 0 Å². The summed E-state index contributed by atoms with van der Waals surface area (Å²) in [6, 6.07) is 15.4. The second-order valence-electron chi connectivity index (χ2n) is 4.11. The number of nitrogens with two attached hydrogens (primary N) is 1. The zero-order valence-corrected chi connectivity index (χ0v) is 12.7. The van der Waals surface area contributed by atoms with Crippen LogP contribution < -0.4 is 15.5 Å². The molecule has 0 unspecified atom stereocenters. The van der Waals surface area contributed by atoms with E-state index in [2.05, 4.69) is 4.99 Å². The summed E-state index contributed by atoms with van der Waals surface area (Å²) >= 11 is 7.59. The molecule has 0 spiro atoms. The van der Waals surface area contributed by atoms with Gasteiger partial charge in [-0.1, -0.05) is 35.9 Å². The third kappa shape index (κ3) is 4.18. The lowest BCUT2D eigenvalue weighted by Crippen LogP contribution is -2.68. The number of thioether (sulfide) groups is 1. The molecule has 5 heteroatoms. The van der Waals surface area contributed by atoms with Gasteiger partial charge in [-0.2, -0.15) is 0 Å². The Balaban J connectivity index is 1.97. The van der Waals surface area contributed by atoms with E-state index in [1.807, 2.05) is 48.5 Å². The molecule has 104 valence electrons. The highest BCUT2D eigenvalue weighted by Crippen LogP contribution is 2.17. The van der Waals surface area contributed by atoms with Crippen molar-refractivity contribution in [1.82, 2.24) is 0 Å². The Labute approximate surface area is 127 Å². The van der Waals surface area contributed by atoms with Gasteiger partial charge in [-0.25, -0.2) is 4.99 Å². The minimum atomic E-state index is 0.619. The van der Waals surface area contributed by atoms with Crippen LogP contribution >= 0.6 is 23.4 Å². The van der Waals surface area contributed by atoms with Crippen molar-refractivity contribution in [3.05, 3.63) is 59.1 Å². The number of ether oxygens (including phenoxy) is 1. The molecule has 3 N–H and O–H groups in total. The van der Waals surface area contributed by atoms with E-state index in [1.165, 1.54) is 17.3 Å². The molecule has 0 heterocycles.